The third-order valence-electron chi connectivity index (χ3n) is 3.16. The lowest BCUT2D eigenvalue weighted by molar-refractivity contribution is -0.133. The van der Waals surface area contributed by atoms with Gasteiger partial charge in [0.2, 0.25) is 0 Å². The van der Waals surface area contributed by atoms with Crippen molar-refractivity contribution in [3.05, 3.63) is 46.2 Å². The van der Waals surface area contributed by atoms with Crippen LogP contribution in [0.25, 0.3) is 11.0 Å². The topological polar surface area (TPSA) is 55.1 Å². The Morgan fingerprint density at radius 2 is 2.24 bits per heavy atom. The highest BCUT2D eigenvalue weighted by Gasteiger charge is 2.14. The Balaban J connectivity index is 2.06. The number of imidazole rings is 1. The van der Waals surface area contributed by atoms with Gasteiger partial charge in [-0.25, -0.2) is 4.98 Å². The molecule has 0 radical (unpaired) electrons. The first-order chi connectivity index (χ1) is 10.1. The number of para-hydroxylation sites is 1. The molecule has 0 amide bonds. The average Bonchev–Trinajstić information content (AvgIpc) is 3.07. The molecule has 0 aliphatic heterocycles. The van der Waals surface area contributed by atoms with Crippen LogP contribution in [0.1, 0.15) is 10.4 Å². The monoisotopic (exact) mass is 318 g/mol. The van der Waals surface area contributed by atoms with E-state index in [9.17, 15) is 4.79 Å². The summed E-state index contributed by atoms with van der Waals surface area (Å²) < 4.78 is 2.10. The van der Waals surface area contributed by atoms with Crippen LogP contribution in [0.4, 0.5) is 0 Å². The predicted molar refractivity (Wildman–Crippen MR) is 86.3 cm³/mol. The fourth-order valence-electron chi connectivity index (χ4n) is 2.21. The first-order valence-electron chi connectivity index (χ1n) is 6.48. The molecule has 3 rings (SSSR count). The van der Waals surface area contributed by atoms with Crippen molar-refractivity contribution in [3.8, 4) is 0 Å². The van der Waals surface area contributed by atoms with Crippen molar-refractivity contribution in [2.75, 3.05) is 5.75 Å². The number of aliphatic carboxylic acids is 1. The number of thioether (sulfide) groups is 1. The minimum absolute atomic E-state index is 0.0206. The molecule has 3 aromatic rings. The first-order valence-corrected chi connectivity index (χ1v) is 8.34. The van der Waals surface area contributed by atoms with Gasteiger partial charge < -0.3 is 9.67 Å². The van der Waals surface area contributed by atoms with Gasteiger partial charge in [0.25, 0.3) is 0 Å². The second kappa shape index (κ2) is 5.91. The van der Waals surface area contributed by atoms with Crippen LogP contribution in [0.3, 0.4) is 0 Å². The molecule has 0 unspecified atom stereocenters. The molecule has 108 valence electrons. The molecule has 6 heteroatoms. The molecule has 0 spiro atoms. The Bertz CT molecular complexity index is 778. The van der Waals surface area contributed by atoms with Crippen LogP contribution < -0.4 is 0 Å². The standard InChI is InChI=1S/C15H14N2O2S2/c1-10-4-2-6-12-14(10)16-15(21-9-13(18)19)17(12)8-11-5-3-7-20-11/h2-7H,8-9H2,1H3,(H,18,19). The number of benzene rings is 1. The zero-order chi connectivity index (χ0) is 14.8. The molecular formula is C15H14N2O2S2. The highest BCUT2D eigenvalue weighted by molar-refractivity contribution is 7.99. The maximum absolute atomic E-state index is 10.8. The second-order valence-corrected chi connectivity index (χ2v) is 6.66. The van der Waals surface area contributed by atoms with Crippen LogP contribution in [0.15, 0.2) is 40.9 Å². The van der Waals surface area contributed by atoms with Gasteiger partial charge >= 0.3 is 5.97 Å². The van der Waals surface area contributed by atoms with Crippen molar-refractivity contribution < 1.29 is 9.90 Å². The van der Waals surface area contributed by atoms with Crippen molar-refractivity contribution in [2.24, 2.45) is 0 Å². The molecule has 0 aliphatic carbocycles. The largest absolute Gasteiger partial charge is 0.481 e. The van der Waals surface area contributed by atoms with E-state index in [1.54, 1.807) is 11.3 Å². The molecule has 2 aromatic heterocycles. The normalized spacial score (nSPS) is 11.1. The fourth-order valence-corrected chi connectivity index (χ4v) is 3.63. The van der Waals surface area contributed by atoms with Crippen LogP contribution in [-0.4, -0.2) is 26.4 Å². The number of hydrogen-bond donors (Lipinski definition) is 1. The van der Waals surface area contributed by atoms with Crippen LogP contribution in [-0.2, 0) is 11.3 Å². The van der Waals surface area contributed by atoms with Gasteiger partial charge in [-0.2, -0.15) is 0 Å². The van der Waals surface area contributed by atoms with Gasteiger partial charge in [0, 0.05) is 4.88 Å². The maximum Gasteiger partial charge on any atom is 0.313 e. The molecular weight excluding hydrogens is 304 g/mol. The lowest BCUT2D eigenvalue weighted by Crippen LogP contribution is -2.03. The maximum atomic E-state index is 10.8. The Morgan fingerprint density at radius 1 is 1.38 bits per heavy atom. The first kappa shape index (κ1) is 14.2. The van der Waals surface area contributed by atoms with E-state index in [4.69, 9.17) is 5.11 Å². The predicted octanol–water partition coefficient (Wildman–Crippen LogP) is 3.63. The Hall–Kier alpha value is -1.79. The fraction of sp³-hybridized carbons (Fsp3) is 0.200. The van der Waals surface area contributed by atoms with Gasteiger partial charge in [-0.05, 0) is 30.0 Å². The zero-order valence-electron chi connectivity index (χ0n) is 11.4. The number of rotatable bonds is 5. The quantitative estimate of drug-likeness (QED) is 0.730. The molecule has 0 saturated carbocycles. The van der Waals surface area contributed by atoms with Gasteiger partial charge in [0.15, 0.2) is 5.16 Å². The minimum Gasteiger partial charge on any atom is -0.481 e. The lowest BCUT2D eigenvalue weighted by atomic mass is 10.2. The minimum atomic E-state index is -0.827. The highest BCUT2D eigenvalue weighted by Crippen LogP contribution is 2.27. The molecule has 2 heterocycles. The molecule has 21 heavy (non-hydrogen) atoms. The van der Waals surface area contributed by atoms with Crippen LogP contribution in [0.2, 0.25) is 0 Å². The SMILES string of the molecule is Cc1cccc2c1nc(SCC(=O)O)n2Cc1cccs1. The van der Waals surface area contributed by atoms with Crippen LogP contribution in [0, 0.1) is 6.92 Å². The number of fused-ring (bicyclic) bond motifs is 1. The summed E-state index contributed by atoms with van der Waals surface area (Å²) in [7, 11) is 0. The summed E-state index contributed by atoms with van der Waals surface area (Å²) in [5, 5.41) is 11.7. The Morgan fingerprint density at radius 3 is 2.95 bits per heavy atom. The third-order valence-corrected chi connectivity index (χ3v) is 4.99. The van der Waals surface area contributed by atoms with Gasteiger partial charge in [0.05, 0.1) is 23.3 Å². The van der Waals surface area contributed by atoms with Crippen molar-refractivity contribution in [1.29, 1.82) is 0 Å². The van der Waals surface area contributed by atoms with E-state index in [2.05, 4.69) is 15.6 Å². The highest BCUT2D eigenvalue weighted by atomic mass is 32.2. The smallest absolute Gasteiger partial charge is 0.313 e. The van der Waals surface area contributed by atoms with E-state index in [0.29, 0.717) is 0 Å². The average molecular weight is 318 g/mol. The molecule has 0 saturated heterocycles. The lowest BCUT2D eigenvalue weighted by Gasteiger charge is -2.06. The summed E-state index contributed by atoms with van der Waals surface area (Å²) in [5.41, 5.74) is 3.10. The number of carboxylic acids is 1. The summed E-state index contributed by atoms with van der Waals surface area (Å²) in [6.07, 6.45) is 0. The van der Waals surface area contributed by atoms with Gasteiger partial charge in [-0.15, -0.1) is 11.3 Å². The van der Waals surface area contributed by atoms with Crippen LogP contribution >= 0.6 is 23.1 Å². The van der Waals surface area contributed by atoms with Crippen LogP contribution in [0.5, 0.6) is 0 Å². The van der Waals surface area contributed by atoms with Crippen molar-refractivity contribution in [3.63, 3.8) is 0 Å². The molecule has 0 bridgehead atoms. The van der Waals surface area contributed by atoms with Crippen molar-refractivity contribution >= 4 is 40.1 Å². The number of aryl methyl sites for hydroxylation is 1. The Labute approximate surface area is 130 Å². The summed E-state index contributed by atoms with van der Waals surface area (Å²) in [6.45, 7) is 2.75. The van der Waals surface area contributed by atoms with E-state index in [1.165, 1.54) is 16.6 Å². The molecule has 0 aliphatic rings. The second-order valence-electron chi connectivity index (χ2n) is 4.68. The summed E-state index contributed by atoms with van der Waals surface area (Å²) in [4.78, 5) is 16.7. The molecule has 4 nitrogen and oxygen atoms in total. The summed E-state index contributed by atoms with van der Waals surface area (Å²) in [6, 6.07) is 10.2. The zero-order valence-corrected chi connectivity index (χ0v) is 13.1. The molecule has 1 N–H and O–H groups in total. The molecule has 1 aromatic carbocycles. The van der Waals surface area contributed by atoms with E-state index in [1.807, 2.05) is 36.6 Å². The summed E-state index contributed by atoms with van der Waals surface area (Å²) >= 11 is 2.96. The number of carbonyl (C=O) groups is 1. The number of carboxylic acid groups (broad SMARTS) is 1. The Kier molecular flexibility index (Phi) is 3.98. The van der Waals surface area contributed by atoms with Gasteiger partial charge in [-0.3, -0.25) is 4.79 Å². The number of thiophene rings is 1. The number of hydrogen-bond acceptors (Lipinski definition) is 4. The van der Waals surface area contributed by atoms with Gasteiger partial charge in [0.1, 0.15) is 0 Å². The number of nitrogens with zero attached hydrogens (tertiary/aromatic N) is 2. The van der Waals surface area contributed by atoms with Crippen molar-refractivity contribution in [2.45, 2.75) is 18.6 Å². The number of aromatic nitrogens is 2. The third kappa shape index (κ3) is 2.96. The van der Waals surface area contributed by atoms with E-state index in [0.717, 1.165) is 28.3 Å². The van der Waals surface area contributed by atoms with E-state index in [-0.39, 0.29) is 5.75 Å². The van der Waals surface area contributed by atoms with Gasteiger partial charge in [-0.1, -0.05) is 30.0 Å². The van der Waals surface area contributed by atoms with E-state index < -0.39 is 5.97 Å². The molecule has 0 atom stereocenters. The molecule has 0 fully saturated rings. The van der Waals surface area contributed by atoms with Crippen molar-refractivity contribution in [1.82, 2.24) is 9.55 Å². The summed E-state index contributed by atoms with van der Waals surface area (Å²) in [5.74, 6) is -0.807. The van der Waals surface area contributed by atoms with E-state index >= 15 is 0 Å².